The Morgan fingerprint density at radius 2 is 2.21 bits per heavy atom. The highest BCUT2D eigenvalue weighted by Gasteiger charge is 2.29. The van der Waals surface area contributed by atoms with Crippen LogP contribution in [0.4, 0.5) is 17.1 Å². The number of hydrogen-bond donors (Lipinski definition) is 2. The number of pyridine rings is 1. The van der Waals surface area contributed by atoms with E-state index in [1.54, 1.807) is 12.3 Å². The monoisotopic (exact) mass is 393 g/mol. The van der Waals surface area contributed by atoms with Gasteiger partial charge in [0.2, 0.25) is 0 Å². The fourth-order valence-electron chi connectivity index (χ4n) is 3.81. The van der Waals surface area contributed by atoms with Gasteiger partial charge in [-0.25, -0.2) is 0 Å². The zero-order valence-electron chi connectivity index (χ0n) is 18.8. The van der Waals surface area contributed by atoms with Crippen LogP contribution in [0, 0.1) is 0 Å². The van der Waals surface area contributed by atoms with Crippen LogP contribution in [0.1, 0.15) is 26.1 Å². The van der Waals surface area contributed by atoms with Gasteiger partial charge >= 0.3 is 0 Å². The Bertz CT molecular complexity index is 1190. The molecule has 2 aliphatic rings. The van der Waals surface area contributed by atoms with E-state index in [4.69, 9.17) is 13.9 Å². The van der Waals surface area contributed by atoms with Gasteiger partial charge in [0, 0.05) is 54.4 Å². The van der Waals surface area contributed by atoms with Gasteiger partial charge in [0.25, 0.3) is 5.91 Å². The first-order valence-corrected chi connectivity index (χ1v) is 9.34. The van der Waals surface area contributed by atoms with E-state index >= 15 is 0 Å². The van der Waals surface area contributed by atoms with Crippen molar-refractivity contribution in [3.05, 3.63) is 54.0 Å². The number of hydrogen-bond acceptors (Lipinski definition) is 6. The molecule has 1 fully saturated rings. The number of rotatable bonds is 4. The average molecular weight is 393 g/mol. The Kier molecular flexibility index (Phi) is 3.47. The van der Waals surface area contributed by atoms with Crippen molar-refractivity contribution in [1.82, 2.24) is 20.1 Å². The summed E-state index contributed by atoms with van der Waals surface area (Å²) in [6.45, 7) is -0.545. The smallest absolute Gasteiger partial charge is 0.254 e. The molecule has 0 aliphatic carbocycles. The van der Waals surface area contributed by atoms with Gasteiger partial charge in [-0.2, -0.15) is 5.10 Å². The van der Waals surface area contributed by atoms with E-state index in [-0.39, 0.29) is 11.6 Å². The molecule has 1 aromatic carbocycles. The quantitative estimate of drug-likeness (QED) is 0.709. The summed E-state index contributed by atoms with van der Waals surface area (Å²) in [5, 5.41) is 10.1. The highest BCUT2D eigenvalue weighted by Crippen LogP contribution is 2.43. The van der Waals surface area contributed by atoms with Crippen LogP contribution in [0.5, 0.6) is 0 Å². The molecule has 1 saturated heterocycles. The molecular weight excluding hydrogens is 368 g/mol. The lowest BCUT2D eigenvalue weighted by molar-refractivity contribution is -0.0285. The maximum absolute atomic E-state index is 12.5. The Labute approximate surface area is 172 Å². The summed E-state index contributed by atoms with van der Waals surface area (Å²) >= 11 is 0. The Morgan fingerprint density at radius 1 is 1.31 bits per heavy atom. The van der Waals surface area contributed by atoms with E-state index < -0.39 is 12.9 Å². The molecule has 5 rings (SSSR count). The summed E-state index contributed by atoms with van der Waals surface area (Å²) in [5.41, 5.74) is 5.41. The van der Waals surface area contributed by atoms with Gasteiger partial charge in [-0.1, -0.05) is 12.1 Å². The number of nitrogens with one attached hydrogen (secondary N) is 2. The summed E-state index contributed by atoms with van der Waals surface area (Å²) in [5.74, 6) is -0.720. The third-order valence-electron chi connectivity index (χ3n) is 5.33. The number of amides is 1. The standard InChI is InChI=1S/C21H22N6O2/c1-22-21(28)16-8-23-7-6-17(16)24-18-5-3-4-15-19-13(9-26(2)20(15)18)10-27(25-19)14-11-29-12-14/h3-8,10,14H,9,11-12H2,1-2H3,(H,22,28)(H,23,24)/i1D3. The second-order valence-electron chi connectivity index (χ2n) is 7.23. The van der Waals surface area contributed by atoms with Crippen LogP contribution >= 0.6 is 0 Å². The van der Waals surface area contributed by atoms with Gasteiger partial charge in [-0.15, -0.1) is 0 Å². The van der Waals surface area contributed by atoms with Crippen LogP contribution < -0.4 is 15.5 Å². The molecule has 2 N–H and O–H groups in total. The van der Waals surface area contributed by atoms with Gasteiger partial charge in [-0.3, -0.25) is 14.5 Å². The maximum atomic E-state index is 12.5. The molecule has 8 nitrogen and oxygen atoms in total. The predicted octanol–water partition coefficient (Wildman–Crippen LogP) is 2.57. The van der Waals surface area contributed by atoms with E-state index in [1.165, 1.54) is 6.20 Å². The van der Waals surface area contributed by atoms with Crippen LogP contribution in [0.2, 0.25) is 0 Å². The molecule has 0 unspecified atom stereocenters. The second kappa shape index (κ2) is 6.89. The first-order chi connectivity index (χ1) is 15.3. The summed E-state index contributed by atoms with van der Waals surface area (Å²) in [4.78, 5) is 18.6. The number of nitrogens with zero attached hydrogens (tertiary/aromatic N) is 4. The Morgan fingerprint density at radius 3 is 3.00 bits per heavy atom. The number of benzene rings is 1. The molecule has 0 saturated carbocycles. The zero-order chi connectivity index (χ0) is 22.5. The Hall–Kier alpha value is -3.39. The van der Waals surface area contributed by atoms with E-state index in [0.29, 0.717) is 25.4 Å². The summed E-state index contributed by atoms with van der Waals surface area (Å²) in [6, 6.07) is 7.79. The van der Waals surface area contributed by atoms with Gasteiger partial charge in [0.15, 0.2) is 0 Å². The first kappa shape index (κ1) is 14.6. The number of carbonyl (C=O) groups excluding carboxylic acids is 1. The van der Waals surface area contributed by atoms with E-state index in [1.807, 2.05) is 35.2 Å². The molecule has 2 aromatic heterocycles. The Balaban J connectivity index is 1.51. The lowest BCUT2D eigenvalue weighted by Crippen LogP contribution is -2.30. The van der Waals surface area contributed by atoms with Crippen LogP contribution in [-0.4, -0.2) is 47.9 Å². The molecule has 2 aliphatic heterocycles. The van der Waals surface area contributed by atoms with Gasteiger partial charge in [0.1, 0.15) is 0 Å². The van der Waals surface area contributed by atoms with Crippen LogP contribution in [0.3, 0.4) is 0 Å². The van der Waals surface area contributed by atoms with Crippen molar-refractivity contribution < 1.29 is 13.6 Å². The molecule has 4 heterocycles. The first-order valence-electron chi connectivity index (χ1n) is 10.8. The molecule has 1 amide bonds. The van der Waals surface area contributed by atoms with E-state index in [2.05, 4.69) is 21.4 Å². The third kappa shape index (κ3) is 2.92. The van der Waals surface area contributed by atoms with E-state index in [0.717, 1.165) is 28.2 Å². The maximum Gasteiger partial charge on any atom is 0.254 e. The number of carbonyl (C=O) groups is 1. The largest absolute Gasteiger partial charge is 0.377 e. The lowest BCUT2D eigenvalue weighted by Gasteiger charge is -2.29. The minimum absolute atomic E-state index is 0.148. The average Bonchev–Trinajstić information content (AvgIpc) is 3.09. The van der Waals surface area contributed by atoms with E-state index in [9.17, 15) is 4.79 Å². The SMILES string of the molecule is [2H]C([2H])([2H])NC(=O)c1cnccc1Nc1cccc2c1N(C)Cc1cn(C3COC3)nc1-2. The minimum Gasteiger partial charge on any atom is -0.377 e. The third-order valence-corrected chi connectivity index (χ3v) is 5.33. The summed E-state index contributed by atoms with van der Waals surface area (Å²) in [6.07, 6.45) is 4.99. The number of fused-ring (bicyclic) bond motifs is 3. The fraction of sp³-hybridized carbons (Fsp3) is 0.286. The van der Waals surface area contributed by atoms with Gasteiger partial charge in [-0.05, 0) is 12.1 Å². The molecule has 29 heavy (non-hydrogen) atoms. The molecule has 0 bridgehead atoms. The molecule has 148 valence electrons. The molecule has 0 spiro atoms. The van der Waals surface area contributed by atoms with Crippen molar-refractivity contribution in [3.8, 4) is 11.3 Å². The van der Waals surface area contributed by atoms with Crippen molar-refractivity contribution in [1.29, 1.82) is 0 Å². The van der Waals surface area contributed by atoms with Gasteiger partial charge in [0.05, 0.1) is 47.6 Å². The second-order valence-corrected chi connectivity index (χ2v) is 7.23. The van der Waals surface area contributed by atoms with Crippen LogP contribution in [0.15, 0.2) is 42.9 Å². The number of ether oxygens (including phenoxy) is 1. The van der Waals surface area contributed by atoms with Gasteiger partial charge < -0.3 is 20.3 Å². The summed E-state index contributed by atoms with van der Waals surface area (Å²) < 4.78 is 29.2. The molecule has 3 aromatic rings. The minimum atomic E-state index is -2.59. The molecule has 8 heteroatoms. The number of aromatic nitrogens is 3. The number of para-hydroxylation sites is 1. The molecule has 0 atom stereocenters. The van der Waals surface area contributed by atoms with Crippen LogP contribution in [-0.2, 0) is 11.3 Å². The number of anilines is 3. The molecule has 0 radical (unpaired) electrons. The normalized spacial score (nSPS) is 17.3. The van der Waals surface area contributed by atoms with Crippen LogP contribution in [0.25, 0.3) is 11.3 Å². The topological polar surface area (TPSA) is 84.3 Å². The van der Waals surface area contributed by atoms with Crippen molar-refractivity contribution >= 4 is 23.0 Å². The highest BCUT2D eigenvalue weighted by molar-refractivity contribution is 6.01. The highest BCUT2D eigenvalue weighted by atomic mass is 16.5. The summed E-state index contributed by atoms with van der Waals surface area (Å²) in [7, 11) is 2.01. The van der Waals surface area contributed by atoms with Crippen molar-refractivity contribution in [2.24, 2.45) is 0 Å². The zero-order valence-corrected chi connectivity index (χ0v) is 15.8. The molecular formula is C21H22N6O2. The lowest BCUT2D eigenvalue weighted by atomic mass is 9.99. The van der Waals surface area contributed by atoms with Crippen molar-refractivity contribution in [2.75, 3.05) is 37.5 Å². The predicted molar refractivity (Wildman–Crippen MR) is 111 cm³/mol. The van der Waals surface area contributed by atoms with Crippen molar-refractivity contribution in [3.63, 3.8) is 0 Å². The van der Waals surface area contributed by atoms with Crippen molar-refractivity contribution in [2.45, 2.75) is 12.6 Å². The fourth-order valence-corrected chi connectivity index (χ4v) is 3.81.